The lowest BCUT2D eigenvalue weighted by Gasteiger charge is -2.06. The van der Waals surface area contributed by atoms with Crippen LogP contribution in [0, 0.1) is 3.57 Å². The zero-order chi connectivity index (χ0) is 12.3. The molecule has 0 aliphatic carbocycles. The number of hydrogen-bond donors (Lipinski definition) is 0. The number of unbranched alkanes of at least 4 members (excludes halogenated alkanes) is 4. The van der Waals surface area contributed by atoms with Gasteiger partial charge < -0.3 is 9.47 Å². The van der Waals surface area contributed by atoms with Crippen LogP contribution in [0.2, 0.25) is 0 Å². The molecule has 3 heteroatoms. The van der Waals surface area contributed by atoms with Gasteiger partial charge in [0.25, 0.3) is 0 Å². The van der Waals surface area contributed by atoms with E-state index in [1.165, 1.54) is 29.3 Å². The molecule has 0 N–H and O–H groups in total. The SMILES string of the molecule is COCCCCCCCOc1ccc(I)cc1. The van der Waals surface area contributed by atoms with Crippen molar-refractivity contribution in [1.82, 2.24) is 0 Å². The molecular weight excluding hydrogens is 327 g/mol. The number of halogens is 1. The zero-order valence-electron chi connectivity index (χ0n) is 10.5. The minimum atomic E-state index is 0.824. The summed E-state index contributed by atoms with van der Waals surface area (Å²) in [4.78, 5) is 0. The van der Waals surface area contributed by atoms with Gasteiger partial charge in [-0.2, -0.15) is 0 Å². The molecule has 1 aromatic rings. The van der Waals surface area contributed by atoms with Crippen molar-refractivity contribution in [2.24, 2.45) is 0 Å². The largest absolute Gasteiger partial charge is 0.494 e. The summed E-state index contributed by atoms with van der Waals surface area (Å²) in [5.74, 6) is 0.977. The number of hydrogen-bond acceptors (Lipinski definition) is 2. The second kappa shape index (κ2) is 9.71. The Morgan fingerprint density at radius 1 is 0.882 bits per heavy atom. The van der Waals surface area contributed by atoms with Crippen molar-refractivity contribution in [2.45, 2.75) is 32.1 Å². The molecule has 0 unspecified atom stereocenters. The Labute approximate surface area is 118 Å². The fourth-order valence-electron chi connectivity index (χ4n) is 1.60. The molecule has 17 heavy (non-hydrogen) atoms. The smallest absolute Gasteiger partial charge is 0.119 e. The highest BCUT2D eigenvalue weighted by atomic mass is 127. The highest BCUT2D eigenvalue weighted by Crippen LogP contribution is 2.14. The van der Waals surface area contributed by atoms with Gasteiger partial charge in [0.15, 0.2) is 0 Å². The fourth-order valence-corrected chi connectivity index (χ4v) is 1.96. The van der Waals surface area contributed by atoms with Gasteiger partial charge in [-0.1, -0.05) is 19.3 Å². The van der Waals surface area contributed by atoms with Gasteiger partial charge in [-0.15, -0.1) is 0 Å². The van der Waals surface area contributed by atoms with Crippen LogP contribution < -0.4 is 4.74 Å². The topological polar surface area (TPSA) is 18.5 Å². The summed E-state index contributed by atoms with van der Waals surface area (Å²) in [6.07, 6.45) is 6.10. The first-order valence-electron chi connectivity index (χ1n) is 6.20. The van der Waals surface area contributed by atoms with E-state index in [0.717, 1.165) is 25.4 Å². The van der Waals surface area contributed by atoms with Crippen LogP contribution in [-0.4, -0.2) is 20.3 Å². The summed E-state index contributed by atoms with van der Waals surface area (Å²) in [5, 5.41) is 0. The van der Waals surface area contributed by atoms with E-state index in [4.69, 9.17) is 9.47 Å². The molecule has 0 radical (unpaired) electrons. The van der Waals surface area contributed by atoms with Gasteiger partial charge in [0.05, 0.1) is 6.61 Å². The molecule has 0 spiro atoms. The molecule has 0 bridgehead atoms. The first-order chi connectivity index (χ1) is 8.33. The molecule has 0 heterocycles. The second-order valence-corrected chi connectivity index (χ2v) is 5.31. The predicted octanol–water partition coefficient (Wildman–Crippen LogP) is 4.27. The highest BCUT2D eigenvalue weighted by Gasteiger charge is 1.94. The third kappa shape index (κ3) is 7.60. The molecule has 0 saturated carbocycles. The lowest BCUT2D eigenvalue weighted by atomic mass is 10.1. The molecule has 0 atom stereocenters. The van der Waals surface area contributed by atoms with Crippen LogP contribution in [0.5, 0.6) is 5.75 Å². The Kier molecular flexibility index (Phi) is 8.44. The van der Waals surface area contributed by atoms with Crippen LogP contribution in [0.25, 0.3) is 0 Å². The molecule has 1 aromatic carbocycles. The van der Waals surface area contributed by atoms with E-state index in [2.05, 4.69) is 34.7 Å². The second-order valence-electron chi connectivity index (χ2n) is 4.06. The van der Waals surface area contributed by atoms with Gasteiger partial charge >= 0.3 is 0 Å². The lowest BCUT2D eigenvalue weighted by Crippen LogP contribution is -1.97. The first-order valence-corrected chi connectivity index (χ1v) is 7.28. The first kappa shape index (κ1) is 14.8. The van der Waals surface area contributed by atoms with Crippen LogP contribution in [0.3, 0.4) is 0 Å². The van der Waals surface area contributed by atoms with Gasteiger partial charge in [-0.25, -0.2) is 0 Å². The molecule has 1 rings (SSSR count). The Hall–Kier alpha value is -0.290. The molecule has 0 aromatic heterocycles. The molecule has 96 valence electrons. The minimum absolute atomic E-state index is 0.824. The van der Waals surface area contributed by atoms with E-state index < -0.39 is 0 Å². The number of methoxy groups -OCH3 is 1. The number of benzene rings is 1. The van der Waals surface area contributed by atoms with Crippen molar-refractivity contribution in [3.63, 3.8) is 0 Å². The average molecular weight is 348 g/mol. The summed E-state index contributed by atoms with van der Waals surface area (Å²) in [5.41, 5.74) is 0. The Balaban J connectivity index is 1.95. The van der Waals surface area contributed by atoms with E-state index in [9.17, 15) is 0 Å². The van der Waals surface area contributed by atoms with E-state index in [1.54, 1.807) is 7.11 Å². The molecule has 0 aliphatic heterocycles. The van der Waals surface area contributed by atoms with Gasteiger partial charge in [-0.3, -0.25) is 0 Å². The molecular formula is C14H21IO2. The van der Waals surface area contributed by atoms with Crippen LogP contribution in [0.1, 0.15) is 32.1 Å². The summed E-state index contributed by atoms with van der Waals surface area (Å²) in [6, 6.07) is 8.20. The van der Waals surface area contributed by atoms with Crippen molar-refractivity contribution in [3.8, 4) is 5.75 Å². The molecule has 0 saturated heterocycles. The maximum Gasteiger partial charge on any atom is 0.119 e. The zero-order valence-corrected chi connectivity index (χ0v) is 12.6. The summed E-state index contributed by atoms with van der Waals surface area (Å²) in [6.45, 7) is 1.71. The van der Waals surface area contributed by atoms with Crippen LogP contribution in [0.15, 0.2) is 24.3 Å². The standard InChI is InChI=1S/C14H21IO2/c1-16-11-5-3-2-4-6-12-17-14-9-7-13(15)8-10-14/h7-10H,2-6,11-12H2,1H3. The van der Waals surface area contributed by atoms with Crippen molar-refractivity contribution < 1.29 is 9.47 Å². The quantitative estimate of drug-likeness (QED) is 0.490. The third-order valence-electron chi connectivity index (χ3n) is 2.58. The van der Waals surface area contributed by atoms with Gasteiger partial charge in [-0.05, 0) is 59.7 Å². The highest BCUT2D eigenvalue weighted by molar-refractivity contribution is 14.1. The maximum absolute atomic E-state index is 5.66. The van der Waals surface area contributed by atoms with E-state index in [1.807, 2.05) is 12.1 Å². The predicted molar refractivity (Wildman–Crippen MR) is 79.6 cm³/mol. The van der Waals surface area contributed by atoms with Crippen molar-refractivity contribution in [1.29, 1.82) is 0 Å². The summed E-state index contributed by atoms with van der Waals surface area (Å²) >= 11 is 2.30. The summed E-state index contributed by atoms with van der Waals surface area (Å²) < 4.78 is 11.9. The number of rotatable bonds is 9. The van der Waals surface area contributed by atoms with Gasteiger partial charge in [0.2, 0.25) is 0 Å². The van der Waals surface area contributed by atoms with Crippen LogP contribution in [0.4, 0.5) is 0 Å². The van der Waals surface area contributed by atoms with Crippen molar-refractivity contribution in [2.75, 3.05) is 20.3 Å². The maximum atomic E-state index is 5.66. The van der Waals surface area contributed by atoms with Gasteiger partial charge in [0.1, 0.15) is 5.75 Å². The van der Waals surface area contributed by atoms with Crippen LogP contribution >= 0.6 is 22.6 Å². The molecule has 2 nitrogen and oxygen atoms in total. The lowest BCUT2D eigenvalue weighted by molar-refractivity contribution is 0.191. The summed E-state index contributed by atoms with van der Waals surface area (Å²) in [7, 11) is 1.76. The van der Waals surface area contributed by atoms with E-state index in [-0.39, 0.29) is 0 Å². The Morgan fingerprint density at radius 3 is 2.12 bits per heavy atom. The molecule has 0 aliphatic rings. The average Bonchev–Trinajstić information content (AvgIpc) is 2.35. The molecule has 0 amide bonds. The van der Waals surface area contributed by atoms with E-state index >= 15 is 0 Å². The fraction of sp³-hybridized carbons (Fsp3) is 0.571. The minimum Gasteiger partial charge on any atom is -0.494 e. The Bertz CT molecular complexity index is 285. The Morgan fingerprint density at radius 2 is 1.47 bits per heavy atom. The third-order valence-corrected chi connectivity index (χ3v) is 3.29. The van der Waals surface area contributed by atoms with E-state index in [0.29, 0.717) is 0 Å². The molecule has 0 fully saturated rings. The van der Waals surface area contributed by atoms with Crippen LogP contribution in [-0.2, 0) is 4.74 Å². The van der Waals surface area contributed by atoms with Crippen molar-refractivity contribution >= 4 is 22.6 Å². The van der Waals surface area contributed by atoms with Gasteiger partial charge in [0, 0.05) is 17.3 Å². The van der Waals surface area contributed by atoms with Crippen molar-refractivity contribution in [3.05, 3.63) is 27.8 Å². The normalized spacial score (nSPS) is 10.5. The monoisotopic (exact) mass is 348 g/mol. The number of ether oxygens (including phenoxy) is 2.